The Labute approximate surface area is 295 Å². The number of fused-ring (bicyclic) bond motifs is 1. The van der Waals surface area contributed by atoms with Crippen LogP contribution in [0, 0.1) is 6.92 Å². The summed E-state index contributed by atoms with van der Waals surface area (Å²) in [4.78, 5) is 29.1. The maximum absolute atomic E-state index is 14.1. The minimum atomic E-state index is -4.58. The highest BCUT2D eigenvalue weighted by atomic mass is 19.4. The fraction of sp³-hybridized carbons (Fsp3) is 0.308. The number of anilines is 4. The van der Waals surface area contributed by atoms with Crippen LogP contribution in [-0.4, -0.2) is 85.1 Å². The van der Waals surface area contributed by atoms with Gasteiger partial charge in [0.1, 0.15) is 0 Å². The van der Waals surface area contributed by atoms with Gasteiger partial charge in [0.2, 0.25) is 5.95 Å². The Morgan fingerprint density at radius 3 is 2.35 bits per heavy atom. The van der Waals surface area contributed by atoms with Crippen LogP contribution >= 0.6 is 0 Å². The largest absolute Gasteiger partial charge is 0.416 e. The zero-order valence-corrected chi connectivity index (χ0v) is 28.7. The summed E-state index contributed by atoms with van der Waals surface area (Å²) in [5, 5.41) is 10.3. The smallest absolute Gasteiger partial charge is 0.369 e. The van der Waals surface area contributed by atoms with Crippen molar-refractivity contribution < 1.29 is 18.0 Å². The number of hydrogen-bond donors (Lipinski definition) is 3. The van der Waals surface area contributed by atoms with Gasteiger partial charge in [0, 0.05) is 93.1 Å². The lowest BCUT2D eigenvalue weighted by Crippen LogP contribution is -2.44. The van der Waals surface area contributed by atoms with Gasteiger partial charge in [-0.1, -0.05) is 18.2 Å². The molecule has 0 spiro atoms. The summed E-state index contributed by atoms with van der Waals surface area (Å²) in [5.41, 5.74) is 5.43. The number of piperazine rings is 2. The fourth-order valence-electron chi connectivity index (χ4n) is 6.65. The maximum atomic E-state index is 14.1. The molecule has 4 aromatic carbocycles. The molecule has 1 amide bonds. The van der Waals surface area contributed by atoms with Crippen LogP contribution in [0.25, 0.3) is 22.0 Å². The van der Waals surface area contributed by atoms with E-state index in [1.54, 1.807) is 12.3 Å². The van der Waals surface area contributed by atoms with Crippen molar-refractivity contribution in [2.45, 2.75) is 19.6 Å². The van der Waals surface area contributed by atoms with Crippen molar-refractivity contribution >= 4 is 39.8 Å². The molecule has 264 valence electrons. The molecule has 3 N–H and O–H groups in total. The number of amides is 1. The van der Waals surface area contributed by atoms with Crippen molar-refractivity contribution in [2.75, 3.05) is 74.9 Å². The molecule has 0 bridgehead atoms. The second-order valence-corrected chi connectivity index (χ2v) is 13.3. The summed E-state index contributed by atoms with van der Waals surface area (Å²) in [7, 11) is 2.00. The number of aromatic nitrogens is 2. The Morgan fingerprint density at radius 1 is 0.863 bits per heavy atom. The number of nitrogens with one attached hydrogen (secondary N) is 3. The molecule has 5 aromatic rings. The molecule has 0 saturated carbocycles. The minimum absolute atomic E-state index is 0.0469. The first-order valence-electron chi connectivity index (χ1n) is 17.2. The maximum Gasteiger partial charge on any atom is 0.416 e. The second-order valence-electron chi connectivity index (χ2n) is 13.3. The van der Waals surface area contributed by atoms with E-state index in [1.165, 1.54) is 17.8 Å². The first-order chi connectivity index (χ1) is 24.6. The molecule has 2 aliphatic heterocycles. The van der Waals surface area contributed by atoms with Crippen LogP contribution in [0.4, 0.5) is 36.2 Å². The molecule has 1 aromatic heterocycles. The lowest BCUT2D eigenvalue weighted by molar-refractivity contribution is -0.138. The van der Waals surface area contributed by atoms with Crippen molar-refractivity contribution in [3.63, 3.8) is 0 Å². The van der Waals surface area contributed by atoms with Crippen LogP contribution in [-0.2, 0) is 12.7 Å². The van der Waals surface area contributed by atoms with E-state index in [0.29, 0.717) is 24.7 Å². The Kier molecular flexibility index (Phi) is 9.90. The van der Waals surface area contributed by atoms with Crippen LogP contribution in [0.2, 0.25) is 0 Å². The van der Waals surface area contributed by atoms with E-state index >= 15 is 0 Å². The van der Waals surface area contributed by atoms with Crippen molar-refractivity contribution in [2.24, 2.45) is 0 Å². The van der Waals surface area contributed by atoms with Gasteiger partial charge in [0.15, 0.2) is 0 Å². The van der Waals surface area contributed by atoms with E-state index in [1.807, 2.05) is 61.3 Å². The van der Waals surface area contributed by atoms with Gasteiger partial charge in [-0.15, -0.1) is 0 Å². The highest BCUT2D eigenvalue weighted by Crippen LogP contribution is 2.34. The standard InChI is InChI=1S/C39H41F3N8O/c1-26-3-7-32(45-37(51)28-4-5-29(35(22-28)39(40,41)42)25-49-19-17-48(2)18-20-49)23-34(26)27-6-12-36-30(21-27)24-44-38(47-36)46-31-8-10-33(11-9-31)50-15-13-43-14-16-50/h3-12,21-24,43H,13-20,25H2,1-2H3,(H,45,51)(H,44,46,47). The summed E-state index contributed by atoms with van der Waals surface area (Å²) in [6, 6.07) is 23.5. The van der Waals surface area contributed by atoms with Crippen molar-refractivity contribution in [1.29, 1.82) is 0 Å². The third-order valence-electron chi connectivity index (χ3n) is 9.66. The average Bonchev–Trinajstić information content (AvgIpc) is 3.13. The number of halogens is 3. The summed E-state index contributed by atoms with van der Waals surface area (Å²) >= 11 is 0. The van der Waals surface area contributed by atoms with E-state index in [-0.39, 0.29) is 17.7 Å². The monoisotopic (exact) mass is 694 g/mol. The van der Waals surface area contributed by atoms with Gasteiger partial charge in [0.05, 0.1) is 11.1 Å². The topological polar surface area (TPSA) is 88.7 Å². The Hall–Kier alpha value is -5.04. The molecule has 0 unspecified atom stereocenters. The molecular weight excluding hydrogens is 653 g/mol. The Balaban J connectivity index is 1.05. The van der Waals surface area contributed by atoms with Gasteiger partial charge in [0.25, 0.3) is 5.91 Å². The van der Waals surface area contributed by atoms with Gasteiger partial charge in [-0.25, -0.2) is 9.97 Å². The van der Waals surface area contributed by atoms with Crippen LogP contribution in [0.1, 0.15) is 27.0 Å². The Bertz CT molecular complexity index is 2020. The molecule has 2 aliphatic rings. The molecule has 7 rings (SSSR count). The lowest BCUT2D eigenvalue weighted by atomic mass is 9.98. The van der Waals surface area contributed by atoms with E-state index in [9.17, 15) is 18.0 Å². The highest BCUT2D eigenvalue weighted by molar-refractivity contribution is 6.05. The van der Waals surface area contributed by atoms with Crippen LogP contribution in [0.15, 0.2) is 85.1 Å². The molecule has 51 heavy (non-hydrogen) atoms. The number of rotatable bonds is 8. The lowest BCUT2D eigenvalue weighted by Gasteiger charge is -2.33. The van der Waals surface area contributed by atoms with Gasteiger partial charge in [-0.2, -0.15) is 13.2 Å². The SMILES string of the molecule is Cc1ccc(NC(=O)c2ccc(CN3CCN(C)CC3)c(C(F)(F)F)c2)cc1-c1ccc2nc(Nc3ccc(N4CCNCC4)cc3)ncc2c1. The number of carbonyl (C=O) groups is 1. The number of carbonyl (C=O) groups excluding carboxylic acids is 1. The molecule has 3 heterocycles. The summed E-state index contributed by atoms with van der Waals surface area (Å²) in [5.74, 6) is -0.112. The number of benzene rings is 4. The zero-order chi connectivity index (χ0) is 35.5. The summed E-state index contributed by atoms with van der Waals surface area (Å²) < 4.78 is 42.4. The zero-order valence-electron chi connectivity index (χ0n) is 28.7. The van der Waals surface area contributed by atoms with E-state index in [0.717, 1.165) is 78.6 Å². The minimum Gasteiger partial charge on any atom is -0.369 e. The van der Waals surface area contributed by atoms with Gasteiger partial charge in [-0.05, 0) is 96.9 Å². The number of nitrogens with zero attached hydrogens (tertiary/aromatic N) is 5. The van der Waals surface area contributed by atoms with Crippen LogP contribution < -0.4 is 20.9 Å². The number of hydrogen-bond acceptors (Lipinski definition) is 8. The Morgan fingerprint density at radius 2 is 1.61 bits per heavy atom. The predicted octanol–water partition coefficient (Wildman–Crippen LogP) is 6.78. The van der Waals surface area contributed by atoms with Crippen LogP contribution in [0.3, 0.4) is 0 Å². The van der Waals surface area contributed by atoms with Crippen molar-refractivity contribution in [3.05, 3.63) is 107 Å². The average molecular weight is 695 g/mol. The molecule has 0 radical (unpaired) electrons. The number of likely N-dealkylation sites (N-methyl/N-ethyl adjacent to an activating group) is 1. The molecule has 0 atom stereocenters. The molecule has 2 saturated heterocycles. The molecule has 2 fully saturated rings. The van der Waals surface area contributed by atoms with Gasteiger partial charge in [-0.3, -0.25) is 9.69 Å². The number of alkyl halides is 3. The number of aryl methyl sites for hydroxylation is 1. The van der Waals surface area contributed by atoms with Gasteiger partial charge < -0.3 is 25.8 Å². The quantitative estimate of drug-likeness (QED) is 0.164. The summed E-state index contributed by atoms with van der Waals surface area (Å²) in [6.07, 6.45) is -2.81. The first-order valence-corrected chi connectivity index (χ1v) is 17.2. The molecule has 9 nitrogen and oxygen atoms in total. The van der Waals surface area contributed by atoms with Crippen molar-refractivity contribution in [1.82, 2.24) is 25.1 Å². The molecular formula is C39H41F3N8O. The van der Waals surface area contributed by atoms with Gasteiger partial charge >= 0.3 is 6.18 Å². The van der Waals surface area contributed by atoms with E-state index in [2.05, 4.69) is 42.9 Å². The fourth-order valence-corrected chi connectivity index (χ4v) is 6.65. The first kappa shape index (κ1) is 34.4. The van der Waals surface area contributed by atoms with E-state index in [4.69, 9.17) is 4.98 Å². The molecule has 12 heteroatoms. The van der Waals surface area contributed by atoms with E-state index < -0.39 is 17.6 Å². The third kappa shape index (κ3) is 8.14. The second kappa shape index (κ2) is 14.7. The normalized spacial score (nSPS) is 16.0. The predicted molar refractivity (Wildman–Crippen MR) is 197 cm³/mol. The third-order valence-corrected chi connectivity index (χ3v) is 9.66. The van der Waals surface area contributed by atoms with Crippen molar-refractivity contribution in [3.8, 4) is 11.1 Å². The van der Waals surface area contributed by atoms with Crippen LogP contribution in [0.5, 0.6) is 0 Å². The molecule has 0 aliphatic carbocycles. The highest BCUT2D eigenvalue weighted by Gasteiger charge is 2.34. The summed E-state index contributed by atoms with van der Waals surface area (Å²) in [6.45, 7) is 9.09.